The van der Waals surface area contributed by atoms with Gasteiger partial charge in [0, 0.05) is 22.8 Å². The Morgan fingerprint density at radius 3 is 2.48 bits per heavy atom. The van der Waals surface area contributed by atoms with Gasteiger partial charge in [-0.1, -0.05) is 17.9 Å². The van der Waals surface area contributed by atoms with Crippen molar-refractivity contribution in [2.24, 2.45) is 0 Å². The number of fused-ring (bicyclic) bond motifs is 1. The molecule has 0 saturated carbocycles. The van der Waals surface area contributed by atoms with Crippen LogP contribution in [0.25, 0.3) is 10.9 Å². The van der Waals surface area contributed by atoms with Gasteiger partial charge >= 0.3 is 0 Å². The number of benzene rings is 2. The molecule has 3 rings (SSSR count). The molecule has 3 aromatic rings. The molecule has 0 amide bonds. The molecule has 2 aromatic carbocycles. The normalized spacial score (nSPS) is 10.2. The van der Waals surface area contributed by atoms with Crippen LogP contribution in [0.3, 0.4) is 0 Å². The lowest BCUT2D eigenvalue weighted by Crippen LogP contribution is -1.90. The van der Waals surface area contributed by atoms with Gasteiger partial charge in [0.1, 0.15) is 11.6 Å². The van der Waals surface area contributed by atoms with Crippen molar-refractivity contribution in [2.75, 3.05) is 5.73 Å². The van der Waals surface area contributed by atoms with Crippen molar-refractivity contribution >= 4 is 16.6 Å². The highest BCUT2D eigenvalue weighted by Gasteiger charge is 2.04. The highest BCUT2D eigenvalue weighted by atomic mass is 19.1. The molecule has 0 unspecified atom stereocenters. The Morgan fingerprint density at radius 2 is 1.71 bits per heavy atom. The minimum atomic E-state index is -0.675. The van der Waals surface area contributed by atoms with Crippen LogP contribution >= 0.6 is 0 Å². The fraction of sp³-hybridized carbons (Fsp3) is 0. The Balaban J connectivity index is 2.05. The van der Waals surface area contributed by atoms with Gasteiger partial charge in [0.25, 0.3) is 0 Å². The number of hydrogen-bond donors (Lipinski definition) is 1. The van der Waals surface area contributed by atoms with E-state index in [-0.39, 0.29) is 5.56 Å². The highest BCUT2D eigenvalue weighted by Crippen LogP contribution is 2.19. The third-order valence-electron chi connectivity index (χ3n) is 3.07. The van der Waals surface area contributed by atoms with Crippen molar-refractivity contribution in [1.82, 2.24) is 4.98 Å². The lowest BCUT2D eigenvalue weighted by atomic mass is 10.1. The van der Waals surface area contributed by atoms with Gasteiger partial charge in [0.2, 0.25) is 0 Å². The number of anilines is 1. The summed E-state index contributed by atoms with van der Waals surface area (Å²) in [5.74, 6) is 3.91. The average Bonchev–Trinajstić information content (AvgIpc) is 2.47. The molecule has 0 fully saturated rings. The number of hydrogen-bond acceptors (Lipinski definition) is 2. The second-order valence-electron chi connectivity index (χ2n) is 4.48. The van der Waals surface area contributed by atoms with Crippen LogP contribution in [-0.4, -0.2) is 4.98 Å². The largest absolute Gasteiger partial charge is 0.398 e. The summed E-state index contributed by atoms with van der Waals surface area (Å²) in [5.41, 5.74) is 7.53. The maximum absolute atomic E-state index is 13.5. The zero-order valence-corrected chi connectivity index (χ0v) is 10.9. The van der Waals surface area contributed by atoms with Crippen LogP contribution in [0.1, 0.15) is 11.1 Å². The summed E-state index contributed by atoms with van der Waals surface area (Å²) in [6, 6.07) is 10.6. The first-order chi connectivity index (χ1) is 10.1. The van der Waals surface area contributed by atoms with Crippen molar-refractivity contribution < 1.29 is 8.78 Å². The van der Waals surface area contributed by atoms with Crippen LogP contribution in [0, 0.1) is 23.5 Å². The lowest BCUT2D eigenvalue weighted by molar-refractivity contribution is 0.577. The van der Waals surface area contributed by atoms with Crippen LogP contribution in [0.15, 0.2) is 48.7 Å². The van der Waals surface area contributed by atoms with Crippen LogP contribution in [0.2, 0.25) is 0 Å². The van der Waals surface area contributed by atoms with E-state index in [1.165, 1.54) is 18.2 Å². The van der Waals surface area contributed by atoms with E-state index in [2.05, 4.69) is 16.8 Å². The van der Waals surface area contributed by atoms with Gasteiger partial charge < -0.3 is 5.73 Å². The van der Waals surface area contributed by atoms with Crippen molar-refractivity contribution in [3.8, 4) is 11.8 Å². The van der Waals surface area contributed by atoms with Gasteiger partial charge in [0.05, 0.1) is 11.1 Å². The predicted molar refractivity (Wildman–Crippen MR) is 78.5 cm³/mol. The number of nitrogen functional groups attached to an aromatic ring is 1. The number of aromatic nitrogens is 1. The Bertz CT molecular complexity index is 872. The molecule has 0 spiro atoms. The van der Waals surface area contributed by atoms with Crippen molar-refractivity contribution in [3.05, 3.63) is 71.4 Å². The standard InChI is InChI=1S/C17H10F2N2/c18-14-2-1-3-15(19)12(14)6-4-11-5-7-13-16(20)8-9-21-17(13)10-11/h1-3,5,7-10H,(H2,20,21). The zero-order chi connectivity index (χ0) is 14.8. The summed E-state index contributed by atoms with van der Waals surface area (Å²) < 4.78 is 27.0. The van der Waals surface area contributed by atoms with Crippen molar-refractivity contribution in [2.45, 2.75) is 0 Å². The van der Waals surface area contributed by atoms with Crippen molar-refractivity contribution in [3.63, 3.8) is 0 Å². The number of rotatable bonds is 0. The van der Waals surface area contributed by atoms with Crippen LogP contribution in [-0.2, 0) is 0 Å². The minimum Gasteiger partial charge on any atom is -0.398 e. The zero-order valence-electron chi connectivity index (χ0n) is 10.9. The molecule has 1 heterocycles. The van der Waals surface area contributed by atoms with E-state index in [4.69, 9.17) is 5.73 Å². The van der Waals surface area contributed by atoms with E-state index in [1.54, 1.807) is 30.5 Å². The molecule has 21 heavy (non-hydrogen) atoms. The highest BCUT2D eigenvalue weighted by molar-refractivity contribution is 5.90. The van der Waals surface area contributed by atoms with E-state index in [9.17, 15) is 8.78 Å². The van der Waals surface area contributed by atoms with Crippen molar-refractivity contribution in [1.29, 1.82) is 0 Å². The molecule has 2 nitrogen and oxygen atoms in total. The quantitative estimate of drug-likeness (QED) is 0.640. The van der Waals surface area contributed by atoms with Gasteiger partial charge in [-0.3, -0.25) is 4.98 Å². The lowest BCUT2D eigenvalue weighted by Gasteiger charge is -2.01. The average molecular weight is 280 g/mol. The minimum absolute atomic E-state index is 0.238. The Kier molecular flexibility index (Phi) is 3.25. The Hall–Kier alpha value is -2.93. The van der Waals surface area contributed by atoms with E-state index < -0.39 is 11.6 Å². The molecular weight excluding hydrogens is 270 g/mol. The predicted octanol–water partition coefficient (Wildman–Crippen LogP) is 3.50. The molecule has 102 valence electrons. The molecule has 0 aliphatic heterocycles. The molecule has 2 N–H and O–H groups in total. The van der Waals surface area contributed by atoms with E-state index in [1.807, 2.05) is 0 Å². The molecule has 0 atom stereocenters. The van der Waals surface area contributed by atoms with E-state index in [0.29, 0.717) is 16.8 Å². The molecule has 0 aliphatic rings. The maximum Gasteiger partial charge on any atom is 0.141 e. The van der Waals surface area contributed by atoms with E-state index in [0.717, 1.165) is 5.39 Å². The second-order valence-corrected chi connectivity index (χ2v) is 4.48. The summed E-state index contributed by atoms with van der Waals surface area (Å²) in [5, 5.41) is 0.820. The van der Waals surface area contributed by atoms with Gasteiger partial charge in [-0.05, 0) is 36.4 Å². The molecule has 0 radical (unpaired) electrons. The number of pyridine rings is 1. The Morgan fingerprint density at radius 1 is 0.952 bits per heavy atom. The maximum atomic E-state index is 13.5. The number of nitrogens with two attached hydrogens (primary N) is 1. The van der Waals surface area contributed by atoms with Crippen LogP contribution in [0.5, 0.6) is 0 Å². The molecule has 0 saturated heterocycles. The third kappa shape index (κ3) is 2.54. The Labute approximate surface area is 120 Å². The smallest absolute Gasteiger partial charge is 0.141 e. The van der Waals surface area contributed by atoms with Gasteiger partial charge in [-0.25, -0.2) is 8.78 Å². The first-order valence-electron chi connectivity index (χ1n) is 6.25. The molecule has 4 heteroatoms. The first kappa shape index (κ1) is 13.1. The molecule has 1 aromatic heterocycles. The summed E-state index contributed by atoms with van der Waals surface area (Å²) in [7, 11) is 0. The fourth-order valence-corrected chi connectivity index (χ4v) is 2.00. The second kappa shape index (κ2) is 5.22. The third-order valence-corrected chi connectivity index (χ3v) is 3.07. The van der Waals surface area contributed by atoms with E-state index >= 15 is 0 Å². The summed E-state index contributed by atoms with van der Waals surface area (Å²) in [4.78, 5) is 4.20. The van der Waals surface area contributed by atoms with Crippen LogP contribution < -0.4 is 5.73 Å². The number of nitrogens with zero attached hydrogens (tertiary/aromatic N) is 1. The molecule has 0 aliphatic carbocycles. The first-order valence-corrected chi connectivity index (χ1v) is 6.25. The topological polar surface area (TPSA) is 38.9 Å². The fourth-order valence-electron chi connectivity index (χ4n) is 2.00. The summed E-state index contributed by atoms with van der Waals surface area (Å²) in [6.45, 7) is 0. The van der Waals surface area contributed by atoms with Crippen LogP contribution in [0.4, 0.5) is 14.5 Å². The van der Waals surface area contributed by atoms with Gasteiger partial charge in [-0.2, -0.15) is 0 Å². The summed E-state index contributed by atoms with van der Waals surface area (Å²) in [6.07, 6.45) is 1.60. The molecular formula is C17H10F2N2. The monoisotopic (exact) mass is 280 g/mol. The number of halogens is 2. The summed E-state index contributed by atoms with van der Waals surface area (Å²) >= 11 is 0. The SMILES string of the molecule is Nc1ccnc2cc(C#Cc3c(F)cccc3F)ccc12. The molecule has 0 bridgehead atoms. The van der Waals surface area contributed by atoms with Gasteiger partial charge in [0.15, 0.2) is 0 Å². The van der Waals surface area contributed by atoms with Gasteiger partial charge in [-0.15, -0.1) is 0 Å².